The second-order valence-electron chi connectivity index (χ2n) is 5.93. The zero-order valence-electron chi connectivity index (χ0n) is 13.3. The molecular weight excluding hydrogens is 260 g/mol. The zero-order valence-corrected chi connectivity index (χ0v) is 13.3. The Morgan fingerprint density at radius 1 is 1.24 bits per heavy atom. The van der Waals surface area contributed by atoms with E-state index in [0.29, 0.717) is 5.92 Å². The Balaban J connectivity index is 2.43. The molecule has 1 heterocycles. The van der Waals surface area contributed by atoms with Crippen LogP contribution in [0.2, 0.25) is 0 Å². The van der Waals surface area contributed by atoms with Crippen LogP contribution >= 0.6 is 0 Å². The van der Waals surface area contributed by atoms with E-state index in [1.165, 1.54) is 0 Å². The lowest BCUT2D eigenvalue weighted by atomic mass is 10.0. The maximum atomic E-state index is 12.6. The molecule has 0 aliphatic heterocycles. The number of nitrogens with zero attached hydrogens (tertiary/aromatic N) is 1. The van der Waals surface area contributed by atoms with Gasteiger partial charge in [-0.1, -0.05) is 45.4 Å². The van der Waals surface area contributed by atoms with Gasteiger partial charge >= 0.3 is 0 Å². The van der Waals surface area contributed by atoms with Crippen molar-refractivity contribution in [1.82, 2.24) is 10.3 Å². The van der Waals surface area contributed by atoms with Gasteiger partial charge in [0.25, 0.3) is 5.91 Å². The summed E-state index contributed by atoms with van der Waals surface area (Å²) in [5.74, 6) is 0.297. The van der Waals surface area contributed by atoms with Crippen LogP contribution in [0.25, 0.3) is 10.9 Å². The Labute approximate surface area is 126 Å². The molecule has 2 rings (SSSR count). The van der Waals surface area contributed by atoms with E-state index in [4.69, 9.17) is 0 Å². The molecule has 0 unspecified atom stereocenters. The number of rotatable bonds is 5. The van der Waals surface area contributed by atoms with Gasteiger partial charge in [0.1, 0.15) is 0 Å². The summed E-state index contributed by atoms with van der Waals surface area (Å²) in [4.78, 5) is 17.2. The van der Waals surface area contributed by atoms with Crippen molar-refractivity contribution >= 4 is 16.8 Å². The second kappa shape index (κ2) is 6.70. The quantitative estimate of drug-likeness (QED) is 0.890. The van der Waals surface area contributed by atoms with E-state index in [0.717, 1.165) is 35.0 Å². The lowest BCUT2D eigenvalue weighted by Gasteiger charge is -2.15. The monoisotopic (exact) mass is 284 g/mol. The average molecular weight is 284 g/mol. The lowest BCUT2D eigenvalue weighted by molar-refractivity contribution is 0.0940. The minimum absolute atomic E-state index is 0.00329. The molecule has 112 valence electrons. The van der Waals surface area contributed by atoms with Gasteiger partial charge in [-0.25, -0.2) is 0 Å². The Morgan fingerprint density at radius 3 is 2.62 bits per heavy atom. The summed E-state index contributed by atoms with van der Waals surface area (Å²) in [6.45, 7) is 8.37. The second-order valence-corrected chi connectivity index (χ2v) is 5.93. The number of amides is 1. The molecule has 21 heavy (non-hydrogen) atoms. The van der Waals surface area contributed by atoms with Crippen LogP contribution < -0.4 is 5.32 Å². The molecule has 3 nitrogen and oxygen atoms in total. The molecule has 0 saturated heterocycles. The largest absolute Gasteiger partial charge is 0.350 e. The van der Waals surface area contributed by atoms with E-state index in [1.807, 2.05) is 37.3 Å². The van der Waals surface area contributed by atoms with E-state index in [1.54, 1.807) is 0 Å². The van der Waals surface area contributed by atoms with E-state index in [2.05, 4.69) is 31.1 Å². The van der Waals surface area contributed by atoms with E-state index < -0.39 is 0 Å². The molecule has 2 aromatic rings. The van der Waals surface area contributed by atoms with Gasteiger partial charge in [-0.3, -0.25) is 9.78 Å². The van der Waals surface area contributed by atoms with Crippen LogP contribution in [0.4, 0.5) is 0 Å². The van der Waals surface area contributed by atoms with Gasteiger partial charge in [0.05, 0.1) is 11.1 Å². The molecule has 0 aliphatic carbocycles. The molecule has 0 bridgehead atoms. The van der Waals surface area contributed by atoms with E-state index in [-0.39, 0.29) is 11.9 Å². The number of hydrogen-bond donors (Lipinski definition) is 1. The molecule has 0 radical (unpaired) electrons. The van der Waals surface area contributed by atoms with Crippen LogP contribution in [0.1, 0.15) is 62.5 Å². The minimum Gasteiger partial charge on any atom is -0.350 e. The number of fused-ring (bicyclic) bond motifs is 1. The predicted octanol–water partition coefficient (Wildman–Crippen LogP) is 4.28. The summed E-state index contributed by atoms with van der Waals surface area (Å²) in [6, 6.07) is 9.96. The molecule has 1 aromatic heterocycles. The molecule has 0 aliphatic rings. The minimum atomic E-state index is -0.00329. The number of hydrogen-bond acceptors (Lipinski definition) is 2. The molecule has 1 aromatic carbocycles. The topological polar surface area (TPSA) is 42.0 Å². The molecule has 0 saturated carbocycles. The number of nitrogens with one attached hydrogen (secondary N) is 1. The van der Waals surface area contributed by atoms with E-state index >= 15 is 0 Å². The van der Waals surface area contributed by atoms with Crippen LogP contribution in [-0.4, -0.2) is 16.9 Å². The van der Waals surface area contributed by atoms with E-state index in [9.17, 15) is 4.79 Å². The van der Waals surface area contributed by atoms with Gasteiger partial charge in [0, 0.05) is 17.1 Å². The SMILES string of the molecule is CCC[C@H](C)NC(=O)c1cc(C(C)C)nc2ccccc12. The zero-order chi connectivity index (χ0) is 15.4. The van der Waals surface area contributed by atoms with Crippen molar-refractivity contribution in [3.63, 3.8) is 0 Å². The van der Waals surface area contributed by atoms with Crippen molar-refractivity contribution in [2.75, 3.05) is 0 Å². The highest BCUT2D eigenvalue weighted by Gasteiger charge is 2.15. The third kappa shape index (κ3) is 3.60. The highest BCUT2D eigenvalue weighted by Crippen LogP contribution is 2.22. The summed E-state index contributed by atoms with van der Waals surface area (Å²) < 4.78 is 0. The number of carbonyl (C=O) groups is 1. The summed E-state index contributed by atoms with van der Waals surface area (Å²) in [5.41, 5.74) is 2.58. The standard InChI is InChI=1S/C18H24N2O/c1-5-8-13(4)19-18(21)15-11-17(12(2)3)20-16-10-7-6-9-14(15)16/h6-7,9-13H,5,8H2,1-4H3,(H,19,21)/t13-/m0/s1. The van der Waals surface area contributed by atoms with Gasteiger partial charge < -0.3 is 5.32 Å². The molecule has 3 heteroatoms. The molecule has 0 fully saturated rings. The fourth-order valence-corrected chi connectivity index (χ4v) is 2.49. The van der Waals surface area contributed by atoms with Crippen LogP contribution in [0.15, 0.2) is 30.3 Å². The van der Waals surface area contributed by atoms with Crippen LogP contribution in [0, 0.1) is 0 Å². The highest BCUT2D eigenvalue weighted by atomic mass is 16.1. The summed E-state index contributed by atoms with van der Waals surface area (Å²) >= 11 is 0. The van der Waals surface area contributed by atoms with Gasteiger partial charge in [0.15, 0.2) is 0 Å². The summed E-state index contributed by atoms with van der Waals surface area (Å²) in [7, 11) is 0. The average Bonchev–Trinajstić information content (AvgIpc) is 2.46. The molecule has 1 N–H and O–H groups in total. The Hall–Kier alpha value is -1.90. The van der Waals surface area contributed by atoms with Crippen molar-refractivity contribution < 1.29 is 4.79 Å². The normalized spacial score (nSPS) is 12.6. The highest BCUT2D eigenvalue weighted by molar-refractivity contribution is 6.06. The maximum Gasteiger partial charge on any atom is 0.252 e. The van der Waals surface area contributed by atoms with Crippen molar-refractivity contribution in [1.29, 1.82) is 0 Å². The predicted molar refractivity (Wildman–Crippen MR) is 87.7 cm³/mol. The number of carbonyl (C=O) groups excluding carboxylic acids is 1. The fraction of sp³-hybridized carbons (Fsp3) is 0.444. The number of aromatic nitrogens is 1. The van der Waals surface area contributed by atoms with Gasteiger partial charge in [0.2, 0.25) is 0 Å². The van der Waals surface area contributed by atoms with Gasteiger partial charge in [-0.2, -0.15) is 0 Å². The number of para-hydroxylation sites is 1. The smallest absolute Gasteiger partial charge is 0.252 e. The Bertz CT molecular complexity index is 634. The van der Waals surface area contributed by atoms with Crippen LogP contribution in [0.3, 0.4) is 0 Å². The molecule has 1 amide bonds. The van der Waals surface area contributed by atoms with Crippen molar-refractivity contribution in [2.24, 2.45) is 0 Å². The maximum absolute atomic E-state index is 12.6. The first-order valence-corrected chi connectivity index (χ1v) is 7.73. The lowest BCUT2D eigenvalue weighted by Crippen LogP contribution is -2.32. The summed E-state index contributed by atoms with van der Waals surface area (Å²) in [5, 5.41) is 4.01. The molecular formula is C18H24N2O. The van der Waals surface area contributed by atoms with Crippen molar-refractivity contribution in [2.45, 2.75) is 52.5 Å². The first-order valence-electron chi connectivity index (χ1n) is 7.73. The third-order valence-corrected chi connectivity index (χ3v) is 3.67. The third-order valence-electron chi connectivity index (χ3n) is 3.67. The molecule has 0 spiro atoms. The summed E-state index contributed by atoms with van der Waals surface area (Å²) in [6.07, 6.45) is 2.06. The van der Waals surface area contributed by atoms with Crippen LogP contribution in [0.5, 0.6) is 0 Å². The fourth-order valence-electron chi connectivity index (χ4n) is 2.49. The number of benzene rings is 1. The molecule has 1 atom stereocenters. The number of pyridine rings is 1. The Morgan fingerprint density at radius 2 is 1.95 bits per heavy atom. The van der Waals surface area contributed by atoms with Crippen molar-refractivity contribution in [3.05, 3.63) is 41.6 Å². The Kier molecular flexibility index (Phi) is 4.94. The van der Waals surface area contributed by atoms with Gasteiger partial charge in [-0.05, 0) is 31.4 Å². The van der Waals surface area contributed by atoms with Crippen molar-refractivity contribution in [3.8, 4) is 0 Å². The first-order chi connectivity index (χ1) is 10.0. The first kappa shape index (κ1) is 15.5. The van der Waals surface area contributed by atoms with Gasteiger partial charge in [-0.15, -0.1) is 0 Å². The van der Waals surface area contributed by atoms with Crippen LogP contribution in [-0.2, 0) is 0 Å².